The SMILES string of the molecule is CC1C=CCC2(C)C(c3ccc4ccncc4c3)CCC12. The standard InChI is InChI=1S/C20H23N/c1-14-4-3-10-20(2)18(14)7-8-19(20)16-6-5-15-9-11-21-13-17(15)12-16/h3-6,9,11-14,18-19H,7-8,10H2,1-2H3. The van der Waals surface area contributed by atoms with Crippen LogP contribution in [0.15, 0.2) is 48.8 Å². The molecular formula is C20H23N. The zero-order chi connectivity index (χ0) is 14.4. The summed E-state index contributed by atoms with van der Waals surface area (Å²) < 4.78 is 0. The van der Waals surface area contributed by atoms with Crippen LogP contribution in [-0.2, 0) is 0 Å². The van der Waals surface area contributed by atoms with Crippen LogP contribution in [0, 0.1) is 17.3 Å². The summed E-state index contributed by atoms with van der Waals surface area (Å²) in [5.41, 5.74) is 1.95. The van der Waals surface area contributed by atoms with Gasteiger partial charge in [0.05, 0.1) is 0 Å². The minimum absolute atomic E-state index is 0.435. The molecule has 2 aliphatic rings. The molecule has 0 aliphatic heterocycles. The number of aromatic nitrogens is 1. The molecule has 4 unspecified atom stereocenters. The molecule has 1 nitrogen and oxygen atoms in total. The molecule has 0 saturated heterocycles. The van der Waals surface area contributed by atoms with Crippen molar-refractivity contribution in [3.63, 3.8) is 0 Å². The first kappa shape index (κ1) is 13.1. The van der Waals surface area contributed by atoms with Crippen LogP contribution in [-0.4, -0.2) is 4.98 Å². The van der Waals surface area contributed by atoms with Crippen molar-refractivity contribution in [2.45, 2.75) is 39.0 Å². The largest absolute Gasteiger partial charge is 0.264 e. The van der Waals surface area contributed by atoms with Gasteiger partial charge in [-0.05, 0) is 65.5 Å². The van der Waals surface area contributed by atoms with Crippen molar-refractivity contribution < 1.29 is 0 Å². The molecule has 108 valence electrons. The second-order valence-electron chi connectivity index (χ2n) is 7.22. The minimum Gasteiger partial charge on any atom is -0.264 e. The number of allylic oxidation sites excluding steroid dienone is 2. The highest BCUT2D eigenvalue weighted by Gasteiger charge is 2.49. The van der Waals surface area contributed by atoms with Crippen LogP contribution in [0.4, 0.5) is 0 Å². The fourth-order valence-corrected chi connectivity index (χ4v) is 4.96. The monoisotopic (exact) mass is 277 g/mol. The molecule has 0 spiro atoms. The second kappa shape index (κ2) is 4.69. The smallest absolute Gasteiger partial charge is 0.0346 e. The lowest BCUT2D eigenvalue weighted by Crippen LogP contribution is -2.32. The average molecular weight is 277 g/mol. The molecule has 1 saturated carbocycles. The molecule has 0 bridgehead atoms. The number of pyridine rings is 1. The third kappa shape index (κ3) is 1.94. The van der Waals surface area contributed by atoms with E-state index in [0.29, 0.717) is 11.3 Å². The number of fused-ring (bicyclic) bond motifs is 2. The third-order valence-corrected chi connectivity index (χ3v) is 6.11. The summed E-state index contributed by atoms with van der Waals surface area (Å²) in [6, 6.07) is 9.10. The molecule has 1 aromatic carbocycles. The highest BCUT2D eigenvalue weighted by molar-refractivity contribution is 5.82. The molecule has 21 heavy (non-hydrogen) atoms. The van der Waals surface area contributed by atoms with Crippen molar-refractivity contribution in [3.05, 3.63) is 54.4 Å². The van der Waals surface area contributed by atoms with Crippen LogP contribution in [0.25, 0.3) is 10.8 Å². The van der Waals surface area contributed by atoms with Crippen molar-refractivity contribution in [1.29, 1.82) is 0 Å². The summed E-state index contributed by atoms with van der Waals surface area (Å²) >= 11 is 0. The second-order valence-corrected chi connectivity index (χ2v) is 7.22. The predicted octanol–water partition coefficient (Wildman–Crippen LogP) is 5.33. The summed E-state index contributed by atoms with van der Waals surface area (Å²) in [6.07, 6.45) is 12.7. The lowest BCUT2D eigenvalue weighted by atomic mass is 9.63. The van der Waals surface area contributed by atoms with Gasteiger partial charge in [0.15, 0.2) is 0 Å². The Morgan fingerprint density at radius 3 is 2.95 bits per heavy atom. The molecular weight excluding hydrogens is 254 g/mol. The maximum absolute atomic E-state index is 4.28. The Bertz CT molecular complexity index is 702. The number of nitrogens with zero attached hydrogens (tertiary/aromatic N) is 1. The van der Waals surface area contributed by atoms with Crippen LogP contribution in [0.2, 0.25) is 0 Å². The molecule has 0 radical (unpaired) electrons. The average Bonchev–Trinajstić information content (AvgIpc) is 2.85. The van der Waals surface area contributed by atoms with Gasteiger partial charge in [0.1, 0.15) is 0 Å². The third-order valence-electron chi connectivity index (χ3n) is 6.11. The van der Waals surface area contributed by atoms with Gasteiger partial charge in [-0.2, -0.15) is 0 Å². The molecule has 1 heteroatoms. The topological polar surface area (TPSA) is 12.9 Å². The lowest BCUT2D eigenvalue weighted by Gasteiger charge is -2.41. The highest BCUT2D eigenvalue weighted by atomic mass is 14.6. The van der Waals surface area contributed by atoms with E-state index >= 15 is 0 Å². The van der Waals surface area contributed by atoms with Gasteiger partial charge in [0.2, 0.25) is 0 Å². The van der Waals surface area contributed by atoms with Crippen molar-refractivity contribution in [1.82, 2.24) is 4.98 Å². The summed E-state index contributed by atoms with van der Waals surface area (Å²) in [6.45, 7) is 4.91. The molecule has 4 atom stereocenters. The Hall–Kier alpha value is -1.63. The Morgan fingerprint density at radius 2 is 2.05 bits per heavy atom. The summed E-state index contributed by atoms with van der Waals surface area (Å²) in [5, 5.41) is 2.58. The van der Waals surface area contributed by atoms with Gasteiger partial charge in [-0.15, -0.1) is 0 Å². The summed E-state index contributed by atoms with van der Waals surface area (Å²) in [4.78, 5) is 4.28. The van der Waals surface area contributed by atoms with Crippen LogP contribution in [0.1, 0.15) is 44.6 Å². The van der Waals surface area contributed by atoms with Gasteiger partial charge in [0.25, 0.3) is 0 Å². The number of rotatable bonds is 1. The van der Waals surface area contributed by atoms with Crippen LogP contribution < -0.4 is 0 Å². The van der Waals surface area contributed by atoms with Crippen molar-refractivity contribution >= 4 is 10.8 Å². The molecule has 1 aromatic heterocycles. The van der Waals surface area contributed by atoms with Gasteiger partial charge in [-0.25, -0.2) is 0 Å². The maximum Gasteiger partial charge on any atom is 0.0346 e. The Labute approximate surface area is 127 Å². The quantitative estimate of drug-likeness (QED) is 0.642. The van der Waals surface area contributed by atoms with Gasteiger partial charge in [-0.3, -0.25) is 4.98 Å². The van der Waals surface area contributed by atoms with Crippen LogP contribution in [0.5, 0.6) is 0 Å². The zero-order valence-corrected chi connectivity index (χ0v) is 12.9. The predicted molar refractivity (Wildman–Crippen MR) is 88.2 cm³/mol. The lowest BCUT2D eigenvalue weighted by molar-refractivity contribution is 0.157. The Morgan fingerprint density at radius 1 is 1.14 bits per heavy atom. The highest BCUT2D eigenvalue weighted by Crippen LogP contribution is 2.59. The Balaban J connectivity index is 1.76. The van der Waals surface area contributed by atoms with Crippen LogP contribution >= 0.6 is 0 Å². The fraction of sp³-hybridized carbons (Fsp3) is 0.450. The van der Waals surface area contributed by atoms with Crippen molar-refractivity contribution in [2.75, 3.05) is 0 Å². The van der Waals surface area contributed by atoms with E-state index in [1.807, 2.05) is 12.4 Å². The molecule has 0 N–H and O–H groups in total. The van der Waals surface area contributed by atoms with E-state index in [-0.39, 0.29) is 0 Å². The number of hydrogen-bond acceptors (Lipinski definition) is 1. The minimum atomic E-state index is 0.435. The molecule has 1 heterocycles. The van der Waals surface area contributed by atoms with E-state index in [1.165, 1.54) is 35.6 Å². The van der Waals surface area contributed by atoms with Gasteiger partial charge in [-0.1, -0.05) is 38.1 Å². The summed E-state index contributed by atoms with van der Waals surface area (Å²) in [5.74, 6) is 2.27. The number of benzene rings is 1. The molecule has 1 fully saturated rings. The first-order valence-corrected chi connectivity index (χ1v) is 8.19. The zero-order valence-electron chi connectivity index (χ0n) is 12.9. The van der Waals surface area contributed by atoms with E-state index in [4.69, 9.17) is 0 Å². The van der Waals surface area contributed by atoms with Gasteiger partial charge < -0.3 is 0 Å². The normalized spacial score (nSPS) is 35.0. The summed E-state index contributed by atoms with van der Waals surface area (Å²) in [7, 11) is 0. The molecule has 4 rings (SSSR count). The van der Waals surface area contributed by atoms with Gasteiger partial charge >= 0.3 is 0 Å². The van der Waals surface area contributed by atoms with Crippen molar-refractivity contribution in [3.8, 4) is 0 Å². The Kier molecular flexibility index (Phi) is 2.92. The van der Waals surface area contributed by atoms with Gasteiger partial charge in [0, 0.05) is 17.8 Å². The number of hydrogen-bond donors (Lipinski definition) is 0. The first-order chi connectivity index (χ1) is 10.2. The molecule has 0 amide bonds. The first-order valence-electron chi connectivity index (χ1n) is 8.19. The molecule has 2 aliphatic carbocycles. The van der Waals surface area contributed by atoms with E-state index in [0.717, 1.165) is 11.8 Å². The van der Waals surface area contributed by atoms with E-state index in [2.05, 4.69) is 55.2 Å². The van der Waals surface area contributed by atoms with E-state index in [9.17, 15) is 0 Å². The molecule has 2 aromatic rings. The fourth-order valence-electron chi connectivity index (χ4n) is 4.96. The van der Waals surface area contributed by atoms with E-state index in [1.54, 1.807) is 0 Å². The maximum atomic E-state index is 4.28. The van der Waals surface area contributed by atoms with Crippen molar-refractivity contribution in [2.24, 2.45) is 17.3 Å². The van der Waals surface area contributed by atoms with Crippen LogP contribution in [0.3, 0.4) is 0 Å². The van der Waals surface area contributed by atoms with E-state index < -0.39 is 0 Å².